The molecule has 16 heavy (non-hydrogen) atoms. The summed E-state index contributed by atoms with van der Waals surface area (Å²) in [5.41, 5.74) is -0.243. The first-order valence-electron chi connectivity index (χ1n) is 4.38. The minimum Gasteiger partial charge on any atom is -0.506 e. The van der Waals surface area contributed by atoms with E-state index in [0.717, 1.165) is 12.1 Å². The molecule has 6 heteroatoms. The summed E-state index contributed by atoms with van der Waals surface area (Å²) in [6, 6.07) is 3.38. The molecular weight excluding hydrogens is 237 g/mol. The first kappa shape index (κ1) is 12.7. The molecule has 0 saturated heterocycles. The molecule has 0 aromatic heterocycles. The van der Waals surface area contributed by atoms with Crippen LogP contribution < -0.4 is 0 Å². The molecule has 0 heterocycles. The van der Waals surface area contributed by atoms with E-state index in [1.165, 1.54) is 0 Å². The molecular formula is C10H9ClFNO3. The van der Waals surface area contributed by atoms with Gasteiger partial charge in [-0.05, 0) is 12.1 Å². The van der Waals surface area contributed by atoms with Gasteiger partial charge in [0.25, 0.3) is 0 Å². The van der Waals surface area contributed by atoms with E-state index in [1.807, 2.05) is 0 Å². The van der Waals surface area contributed by atoms with Crippen molar-refractivity contribution in [1.82, 2.24) is 0 Å². The van der Waals surface area contributed by atoms with E-state index in [4.69, 9.17) is 16.9 Å². The number of nitriles is 1. The van der Waals surface area contributed by atoms with Gasteiger partial charge in [-0.15, -0.1) is 0 Å². The molecule has 4 nitrogen and oxygen atoms in total. The van der Waals surface area contributed by atoms with Gasteiger partial charge in [-0.25, -0.2) is 4.39 Å². The summed E-state index contributed by atoms with van der Waals surface area (Å²) in [5.74, 6) is -1.26. The number of nitrogens with zero attached hydrogens (tertiary/aromatic N) is 1. The Kier molecular flexibility index (Phi) is 4.07. The molecule has 0 spiro atoms. The number of phenols is 1. The molecule has 86 valence electrons. The standard InChI is InChI=1S/C10H9ClFNO3/c11-7-4-5(12)3-6(9(7)15)10(16)8(14)1-2-13/h3-4,8,10,14-16H,1H2. The Balaban J connectivity index is 3.08. The van der Waals surface area contributed by atoms with Crippen molar-refractivity contribution in [3.05, 3.63) is 28.5 Å². The van der Waals surface area contributed by atoms with Gasteiger partial charge in [-0.2, -0.15) is 5.26 Å². The number of phenolic OH excluding ortho intramolecular Hbond substituents is 1. The van der Waals surface area contributed by atoms with Crippen LogP contribution in [0, 0.1) is 17.1 Å². The predicted molar refractivity (Wildman–Crippen MR) is 54.3 cm³/mol. The van der Waals surface area contributed by atoms with Crippen LogP contribution in [0.1, 0.15) is 18.1 Å². The average Bonchev–Trinajstić information content (AvgIpc) is 2.22. The monoisotopic (exact) mass is 245 g/mol. The molecule has 0 fully saturated rings. The van der Waals surface area contributed by atoms with Crippen molar-refractivity contribution in [2.24, 2.45) is 0 Å². The maximum absolute atomic E-state index is 13.0. The van der Waals surface area contributed by atoms with Gasteiger partial charge in [0.15, 0.2) is 0 Å². The van der Waals surface area contributed by atoms with Crippen LogP contribution in [0.4, 0.5) is 4.39 Å². The molecule has 0 bridgehead atoms. The lowest BCUT2D eigenvalue weighted by Crippen LogP contribution is -2.17. The molecule has 0 aliphatic heterocycles. The van der Waals surface area contributed by atoms with Crippen molar-refractivity contribution in [2.45, 2.75) is 18.6 Å². The molecule has 1 aromatic rings. The fourth-order valence-electron chi connectivity index (χ4n) is 1.22. The van der Waals surface area contributed by atoms with Gasteiger partial charge in [0, 0.05) is 5.56 Å². The normalized spacial score (nSPS) is 14.2. The fourth-order valence-corrected chi connectivity index (χ4v) is 1.44. The second-order valence-electron chi connectivity index (χ2n) is 3.20. The summed E-state index contributed by atoms with van der Waals surface area (Å²) in [4.78, 5) is 0. The third-order valence-corrected chi connectivity index (χ3v) is 2.33. The summed E-state index contributed by atoms with van der Waals surface area (Å²) in [7, 11) is 0. The Morgan fingerprint density at radius 2 is 2.06 bits per heavy atom. The lowest BCUT2D eigenvalue weighted by molar-refractivity contribution is 0.0201. The van der Waals surface area contributed by atoms with E-state index in [-0.39, 0.29) is 17.0 Å². The molecule has 0 aliphatic carbocycles. The van der Waals surface area contributed by atoms with Crippen LogP contribution in [0.15, 0.2) is 12.1 Å². The lowest BCUT2D eigenvalue weighted by Gasteiger charge is -2.17. The Morgan fingerprint density at radius 1 is 1.44 bits per heavy atom. The van der Waals surface area contributed by atoms with Gasteiger partial charge in [-0.1, -0.05) is 11.6 Å². The zero-order chi connectivity index (χ0) is 12.3. The average molecular weight is 246 g/mol. The molecule has 2 atom stereocenters. The third-order valence-electron chi connectivity index (χ3n) is 2.04. The van der Waals surface area contributed by atoms with E-state index < -0.39 is 23.8 Å². The molecule has 0 amide bonds. The van der Waals surface area contributed by atoms with Crippen molar-refractivity contribution in [3.63, 3.8) is 0 Å². The fraction of sp³-hybridized carbons (Fsp3) is 0.300. The highest BCUT2D eigenvalue weighted by Crippen LogP contribution is 2.34. The Hall–Kier alpha value is -1.35. The number of rotatable bonds is 3. The van der Waals surface area contributed by atoms with Gasteiger partial charge in [0.1, 0.15) is 17.7 Å². The topological polar surface area (TPSA) is 84.5 Å². The minimum atomic E-state index is -1.56. The Labute approximate surface area is 96.1 Å². The van der Waals surface area contributed by atoms with Gasteiger partial charge in [-0.3, -0.25) is 0 Å². The molecule has 0 saturated carbocycles. The van der Waals surface area contributed by atoms with E-state index >= 15 is 0 Å². The quantitative estimate of drug-likeness (QED) is 0.753. The van der Waals surface area contributed by atoms with E-state index in [2.05, 4.69) is 0 Å². The summed E-state index contributed by atoms with van der Waals surface area (Å²) in [6.07, 6.45) is -3.31. The molecule has 1 rings (SSSR count). The van der Waals surface area contributed by atoms with Crippen molar-refractivity contribution >= 4 is 11.6 Å². The smallest absolute Gasteiger partial charge is 0.140 e. The molecule has 1 aromatic carbocycles. The lowest BCUT2D eigenvalue weighted by atomic mass is 10.0. The maximum Gasteiger partial charge on any atom is 0.140 e. The maximum atomic E-state index is 13.0. The number of halogens is 2. The van der Waals surface area contributed by atoms with Crippen LogP contribution in [0.3, 0.4) is 0 Å². The summed E-state index contributed by atoms with van der Waals surface area (Å²) in [5, 5.41) is 36.4. The zero-order valence-corrected chi connectivity index (χ0v) is 8.82. The predicted octanol–water partition coefficient (Wildman–Crippen LogP) is 1.49. The highest BCUT2D eigenvalue weighted by Gasteiger charge is 2.23. The van der Waals surface area contributed by atoms with Crippen molar-refractivity contribution in [1.29, 1.82) is 5.26 Å². The Morgan fingerprint density at radius 3 is 2.62 bits per heavy atom. The SMILES string of the molecule is N#CCC(O)C(O)c1cc(F)cc(Cl)c1O. The van der Waals surface area contributed by atoms with E-state index in [0.29, 0.717) is 0 Å². The summed E-state index contributed by atoms with van der Waals surface area (Å²) in [6.45, 7) is 0. The second kappa shape index (κ2) is 5.12. The number of aromatic hydroxyl groups is 1. The number of aliphatic hydroxyl groups is 2. The van der Waals surface area contributed by atoms with Gasteiger partial charge in [0.05, 0.1) is 23.6 Å². The zero-order valence-electron chi connectivity index (χ0n) is 8.06. The number of benzene rings is 1. The molecule has 0 radical (unpaired) electrons. The Bertz CT molecular complexity index is 433. The second-order valence-corrected chi connectivity index (χ2v) is 3.61. The van der Waals surface area contributed by atoms with Crippen molar-refractivity contribution < 1.29 is 19.7 Å². The highest BCUT2D eigenvalue weighted by atomic mass is 35.5. The van der Waals surface area contributed by atoms with Crippen LogP contribution in [-0.4, -0.2) is 21.4 Å². The van der Waals surface area contributed by atoms with Crippen LogP contribution in [0.25, 0.3) is 0 Å². The number of aliphatic hydroxyl groups excluding tert-OH is 2. The van der Waals surface area contributed by atoms with Crippen LogP contribution >= 0.6 is 11.6 Å². The first-order chi connectivity index (χ1) is 7.47. The third kappa shape index (κ3) is 2.61. The minimum absolute atomic E-state index is 0.243. The van der Waals surface area contributed by atoms with Gasteiger partial charge < -0.3 is 15.3 Å². The van der Waals surface area contributed by atoms with E-state index in [1.54, 1.807) is 6.07 Å². The molecule has 0 aliphatic rings. The summed E-state index contributed by atoms with van der Waals surface area (Å²) >= 11 is 5.50. The molecule has 3 N–H and O–H groups in total. The number of hydrogen-bond donors (Lipinski definition) is 3. The number of hydrogen-bond acceptors (Lipinski definition) is 4. The van der Waals surface area contributed by atoms with Crippen molar-refractivity contribution in [2.75, 3.05) is 0 Å². The van der Waals surface area contributed by atoms with Gasteiger partial charge in [0.2, 0.25) is 0 Å². The molecule has 2 unspecified atom stereocenters. The van der Waals surface area contributed by atoms with E-state index in [9.17, 15) is 19.7 Å². The van der Waals surface area contributed by atoms with Crippen molar-refractivity contribution in [3.8, 4) is 11.8 Å². The van der Waals surface area contributed by atoms with Crippen LogP contribution in [0.2, 0.25) is 5.02 Å². The van der Waals surface area contributed by atoms with Crippen LogP contribution in [0.5, 0.6) is 5.75 Å². The largest absolute Gasteiger partial charge is 0.506 e. The van der Waals surface area contributed by atoms with Gasteiger partial charge >= 0.3 is 0 Å². The van der Waals surface area contributed by atoms with Crippen LogP contribution in [-0.2, 0) is 0 Å². The summed E-state index contributed by atoms with van der Waals surface area (Å²) < 4.78 is 13.0. The highest BCUT2D eigenvalue weighted by molar-refractivity contribution is 6.32. The first-order valence-corrected chi connectivity index (χ1v) is 4.76.